The highest BCUT2D eigenvalue weighted by Crippen LogP contribution is 2.23. The molecular weight excluding hydrogens is 342 g/mol. The summed E-state index contributed by atoms with van der Waals surface area (Å²) < 4.78 is 2.58. The van der Waals surface area contributed by atoms with Crippen molar-refractivity contribution in [3.8, 4) is 5.69 Å². The fourth-order valence-corrected chi connectivity index (χ4v) is 2.58. The molecule has 2 aromatic rings. The van der Waals surface area contributed by atoms with Crippen molar-refractivity contribution in [2.45, 2.75) is 25.3 Å². The summed E-state index contributed by atoms with van der Waals surface area (Å²) in [6, 6.07) is 5.61. The maximum absolute atomic E-state index is 12.2. The molecule has 0 unspecified atom stereocenters. The van der Waals surface area contributed by atoms with E-state index in [0.717, 1.165) is 23.0 Å². The van der Waals surface area contributed by atoms with Crippen LogP contribution in [0, 0.1) is 0 Å². The Bertz CT molecular complexity index is 652. The number of nitrogens with one attached hydrogen (secondary N) is 1. The first-order valence-corrected chi connectivity index (χ1v) is 7.61. The van der Waals surface area contributed by atoms with Crippen molar-refractivity contribution < 1.29 is 4.79 Å². The van der Waals surface area contributed by atoms with Crippen LogP contribution in [0.1, 0.15) is 29.6 Å². The van der Waals surface area contributed by atoms with Crippen LogP contribution in [0.5, 0.6) is 0 Å². The van der Waals surface area contributed by atoms with Gasteiger partial charge >= 0.3 is 0 Å². The molecule has 0 bridgehead atoms. The van der Waals surface area contributed by atoms with E-state index in [4.69, 9.17) is 11.6 Å². The number of carbonyl (C=O) groups excluding carboxylic acids is 1. The van der Waals surface area contributed by atoms with Crippen LogP contribution in [0.3, 0.4) is 0 Å². The standard InChI is InChI=1S/C14H13BrClN3O/c15-9-7-17-19(8-9)11-4-5-13(16)12(6-11)14(20)18-10-2-1-3-10/h4-8,10H,1-3H2,(H,18,20). The van der Waals surface area contributed by atoms with Crippen molar-refractivity contribution in [1.82, 2.24) is 15.1 Å². The minimum Gasteiger partial charge on any atom is -0.349 e. The number of amides is 1. The quantitative estimate of drug-likeness (QED) is 0.916. The van der Waals surface area contributed by atoms with E-state index in [9.17, 15) is 4.79 Å². The first-order chi connectivity index (χ1) is 9.63. The third-order valence-electron chi connectivity index (χ3n) is 3.45. The Balaban J connectivity index is 1.87. The molecule has 6 heteroatoms. The summed E-state index contributed by atoms with van der Waals surface area (Å²) in [5.41, 5.74) is 1.29. The predicted octanol–water partition coefficient (Wildman–Crippen LogP) is 3.57. The Hall–Kier alpha value is -1.33. The summed E-state index contributed by atoms with van der Waals surface area (Å²) >= 11 is 9.48. The van der Waals surface area contributed by atoms with Gasteiger partial charge in [-0.3, -0.25) is 4.79 Å². The van der Waals surface area contributed by atoms with Crippen molar-refractivity contribution >= 4 is 33.4 Å². The van der Waals surface area contributed by atoms with Crippen LogP contribution in [-0.4, -0.2) is 21.7 Å². The van der Waals surface area contributed by atoms with E-state index in [0.29, 0.717) is 16.6 Å². The lowest BCUT2D eigenvalue weighted by Gasteiger charge is -2.26. The smallest absolute Gasteiger partial charge is 0.253 e. The van der Waals surface area contributed by atoms with Gasteiger partial charge in [0.25, 0.3) is 5.91 Å². The van der Waals surface area contributed by atoms with E-state index in [2.05, 4.69) is 26.3 Å². The summed E-state index contributed by atoms with van der Waals surface area (Å²) in [6.45, 7) is 0. The molecule has 0 saturated heterocycles. The van der Waals surface area contributed by atoms with Crippen molar-refractivity contribution in [3.05, 3.63) is 45.7 Å². The Morgan fingerprint density at radius 3 is 2.85 bits per heavy atom. The molecule has 1 saturated carbocycles. The van der Waals surface area contributed by atoms with Gasteiger partial charge in [0.2, 0.25) is 0 Å². The van der Waals surface area contributed by atoms with Gasteiger partial charge in [-0.1, -0.05) is 11.6 Å². The second-order valence-electron chi connectivity index (χ2n) is 4.87. The number of aromatic nitrogens is 2. The molecule has 1 aromatic heterocycles. The number of carbonyl (C=O) groups is 1. The molecule has 1 aliphatic rings. The average Bonchev–Trinajstić information content (AvgIpc) is 2.81. The van der Waals surface area contributed by atoms with Gasteiger partial charge in [0, 0.05) is 12.2 Å². The van der Waals surface area contributed by atoms with Crippen molar-refractivity contribution in [1.29, 1.82) is 0 Å². The number of nitrogens with zero attached hydrogens (tertiary/aromatic N) is 2. The first-order valence-electron chi connectivity index (χ1n) is 6.44. The summed E-state index contributed by atoms with van der Waals surface area (Å²) in [6.07, 6.45) is 6.81. The lowest BCUT2D eigenvalue weighted by atomic mass is 9.93. The van der Waals surface area contributed by atoms with E-state index < -0.39 is 0 Å². The summed E-state index contributed by atoms with van der Waals surface area (Å²) in [5.74, 6) is -0.118. The van der Waals surface area contributed by atoms with Gasteiger partial charge in [0.05, 0.1) is 26.9 Å². The van der Waals surface area contributed by atoms with Crippen LogP contribution < -0.4 is 5.32 Å². The molecule has 3 rings (SSSR count). The van der Waals surface area contributed by atoms with Gasteiger partial charge in [0.1, 0.15) is 0 Å². The van der Waals surface area contributed by atoms with Crippen molar-refractivity contribution in [2.75, 3.05) is 0 Å². The van der Waals surface area contributed by atoms with Crippen molar-refractivity contribution in [2.24, 2.45) is 0 Å². The lowest BCUT2D eigenvalue weighted by Crippen LogP contribution is -2.39. The molecular formula is C14H13BrClN3O. The third kappa shape index (κ3) is 2.74. The molecule has 0 spiro atoms. The minimum atomic E-state index is -0.118. The normalized spacial score (nSPS) is 14.9. The SMILES string of the molecule is O=C(NC1CCC1)c1cc(-n2cc(Br)cn2)ccc1Cl. The molecule has 104 valence electrons. The van der Waals surface area contributed by atoms with Gasteiger partial charge in [-0.2, -0.15) is 5.10 Å². The van der Waals surface area contributed by atoms with Crippen LogP contribution in [-0.2, 0) is 0 Å². The number of hydrogen-bond donors (Lipinski definition) is 1. The van der Waals surface area contributed by atoms with E-state index in [-0.39, 0.29) is 5.91 Å². The third-order valence-corrected chi connectivity index (χ3v) is 4.19. The molecule has 1 aliphatic carbocycles. The molecule has 0 atom stereocenters. The maximum atomic E-state index is 12.2. The Labute approximate surface area is 130 Å². The molecule has 0 radical (unpaired) electrons. The van der Waals surface area contributed by atoms with Gasteiger partial charge in [-0.05, 0) is 53.4 Å². The molecule has 0 aliphatic heterocycles. The number of hydrogen-bond acceptors (Lipinski definition) is 2. The predicted molar refractivity (Wildman–Crippen MR) is 81.4 cm³/mol. The van der Waals surface area contributed by atoms with Crippen LogP contribution >= 0.6 is 27.5 Å². The molecule has 1 heterocycles. The number of rotatable bonds is 3. The maximum Gasteiger partial charge on any atom is 0.253 e. The fourth-order valence-electron chi connectivity index (χ4n) is 2.09. The van der Waals surface area contributed by atoms with Gasteiger partial charge in [0.15, 0.2) is 0 Å². The zero-order chi connectivity index (χ0) is 14.1. The Kier molecular flexibility index (Phi) is 3.81. The van der Waals surface area contributed by atoms with Crippen molar-refractivity contribution in [3.63, 3.8) is 0 Å². The first kappa shape index (κ1) is 13.6. The molecule has 1 amide bonds. The monoisotopic (exact) mass is 353 g/mol. The molecule has 1 aromatic carbocycles. The molecule has 20 heavy (non-hydrogen) atoms. The molecule has 4 nitrogen and oxygen atoms in total. The number of benzene rings is 1. The summed E-state index contributed by atoms with van der Waals surface area (Å²) in [5, 5.41) is 7.65. The largest absolute Gasteiger partial charge is 0.349 e. The van der Waals surface area contributed by atoms with E-state index in [1.54, 1.807) is 23.0 Å². The fraction of sp³-hybridized carbons (Fsp3) is 0.286. The van der Waals surface area contributed by atoms with Gasteiger partial charge < -0.3 is 5.32 Å². The second-order valence-corrected chi connectivity index (χ2v) is 6.19. The van der Waals surface area contributed by atoms with Crippen LogP contribution in [0.4, 0.5) is 0 Å². The Morgan fingerprint density at radius 1 is 1.45 bits per heavy atom. The van der Waals surface area contributed by atoms with E-state index >= 15 is 0 Å². The zero-order valence-electron chi connectivity index (χ0n) is 10.6. The highest BCUT2D eigenvalue weighted by molar-refractivity contribution is 9.10. The topological polar surface area (TPSA) is 46.9 Å². The highest BCUT2D eigenvalue weighted by Gasteiger charge is 2.21. The summed E-state index contributed by atoms with van der Waals surface area (Å²) in [4.78, 5) is 12.2. The Morgan fingerprint density at radius 2 is 2.25 bits per heavy atom. The second kappa shape index (κ2) is 5.58. The van der Waals surface area contributed by atoms with Gasteiger partial charge in [-0.15, -0.1) is 0 Å². The van der Waals surface area contributed by atoms with Gasteiger partial charge in [-0.25, -0.2) is 4.68 Å². The summed E-state index contributed by atoms with van der Waals surface area (Å²) in [7, 11) is 0. The van der Waals surface area contributed by atoms with Crippen LogP contribution in [0.25, 0.3) is 5.69 Å². The van der Waals surface area contributed by atoms with E-state index in [1.165, 1.54) is 6.42 Å². The minimum absolute atomic E-state index is 0.118. The number of halogens is 2. The van der Waals surface area contributed by atoms with Crippen LogP contribution in [0.15, 0.2) is 35.1 Å². The van der Waals surface area contributed by atoms with E-state index in [1.807, 2.05) is 12.3 Å². The molecule has 1 fully saturated rings. The van der Waals surface area contributed by atoms with Crippen LogP contribution in [0.2, 0.25) is 5.02 Å². The highest BCUT2D eigenvalue weighted by atomic mass is 79.9. The average molecular weight is 355 g/mol. The lowest BCUT2D eigenvalue weighted by molar-refractivity contribution is 0.0917. The molecule has 1 N–H and O–H groups in total. The zero-order valence-corrected chi connectivity index (χ0v) is 13.0.